The molecule has 1 atom stereocenters. The molecule has 2 aliphatic rings. The molecule has 1 aliphatic carbocycles. The molecule has 170 valence electrons. The summed E-state index contributed by atoms with van der Waals surface area (Å²) in [5.41, 5.74) is 6.11. The molecule has 3 aromatic heterocycles. The van der Waals surface area contributed by atoms with E-state index >= 15 is 0 Å². The first kappa shape index (κ1) is 20.8. The Hall–Kier alpha value is -2.80. The molecule has 4 heterocycles. The number of aromatic amines is 1. The lowest BCUT2D eigenvalue weighted by Crippen LogP contribution is -2.42. The van der Waals surface area contributed by atoms with E-state index in [0.29, 0.717) is 6.04 Å². The van der Waals surface area contributed by atoms with Gasteiger partial charge in [0.05, 0.1) is 36.2 Å². The van der Waals surface area contributed by atoms with E-state index < -0.39 is 0 Å². The van der Waals surface area contributed by atoms with Gasteiger partial charge < -0.3 is 9.72 Å². The number of ether oxygens (including phenoxy) is 1. The highest BCUT2D eigenvalue weighted by Gasteiger charge is 2.28. The summed E-state index contributed by atoms with van der Waals surface area (Å²) >= 11 is 0. The zero-order valence-electron chi connectivity index (χ0n) is 19.0. The number of nitrogens with one attached hydrogen (secondary N) is 1. The maximum Gasteiger partial charge on any atom is 0.0784 e. The van der Waals surface area contributed by atoms with Crippen molar-refractivity contribution >= 4 is 21.8 Å². The van der Waals surface area contributed by atoms with Crippen molar-refractivity contribution in [2.75, 3.05) is 39.4 Å². The Morgan fingerprint density at radius 1 is 1.00 bits per heavy atom. The minimum atomic E-state index is 0.331. The molecular formula is C27H31N5O. The normalized spacial score (nSPS) is 19.4. The van der Waals surface area contributed by atoms with Gasteiger partial charge in [-0.15, -0.1) is 0 Å². The first-order chi connectivity index (χ1) is 16.4. The lowest BCUT2D eigenvalue weighted by molar-refractivity contribution is 0.0289. The molecule has 6 heteroatoms. The summed E-state index contributed by atoms with van der Waals surface area (Å²) in [5, 5.41) is 2.52. The number of morpholine rings is 1. The van der Waals surface area contributed by atoms with E-state index in [1.807, 2.05) is 12.4 Å². The number of aryl methyl sites for hydroxylation is 1. The summed E-state index contributed by atoms with van der Waals surface area (Å²) in [5.74, 6) is 0. The fraction of sp³-hybridized carbons (Fsp3) is 0.407. The third kappa shape index (κ3) is 4.14. The SMILES string of the molecule is c1cnc2c(c1)CCCC2N(CCN1CCOCC1)Cc1nccc2c1[nH]c1ccccc12. The van der Waals surface area contributed by atoms with E-state index in [0.717, 1.165) is 70.0 Å². The number of fused-ring (bicyclic) bond motifs is 4. The second-order valence-corrected chi connectivity index (χ2v) is 9.23. The van der Waals surface area contributed by atoms with Gasteiger partial charge in [0, 0.05) is 61.4 Å². The van der Waals surface area contributed by atoms with E-state index in [9.17, 15) is 0 Å². The second kappa shape index (κ2) is 9.21. The molecule has 6 rings (SSSR count). The topological polar surface area (TPSA) is 57.3 Å². The third-order valence-corrected chi connectivity index (χ3v) is 7.27. The van der Waals surface area contributed by atoms with E-state index in [2.05, 4.69) is 57.2 Å². The number of hydrogen-bond acceptors (Lipinski definition) is 5. The Morgan fingerprint density at radius 2 is 1.91 bits per heavy atom. The Labute approximate surface area is 194 Å². The fourth-order valence-electron chi connectivity index (χ4n) is 5.52. The number of aromatic nitrogens is 3. The lowest BCUT2D eigenvalue weighted by Gasteiger charge is -2.37. The molecule has 33 heavy (non-hydrogen) atoms. The Morgan fingerprint density at radius 3 is 2.85 bits per heavy atom. The quantitative estimate of drug-likeness (QED) is 0.483. The van der Waals surface area contributed by atoms with Crippen LogP contribution in [-0.2, 0) is 17.7 Å². The van der Waals surface area contributed by atoms with Crippen LogP contribution in [0.3, 0.4) is 0 Å². The fourth-order valence-corrected chi connectivity index (χ4v) is 5.52. The average Bonchev–Trinajstić information content (AvgIpc) is 3.26. The summed E-state index contributed by atoms with van der Waals surface area (Å²) in [6.45, 7) is 6.57. The van der Waals surface area contributed by atoms with Gasteiger partial charge in [-0.3, -0.25) is 19.8 Å². The van der Waals surface area contributed by atoms with Crippen LogP contribution in [-0.4, -0.2) is 64.1 Å². The first-order valence-corrected chi connectivity index (χ1v) is 12.2. The van der Waals surface area contributed by atoms with Crippen molar-refractivity contribution in [3.8, 4) is 0 Å². The van der Waals surface area contributed by atoms with Crippen LogP contribution in [0.5, 0.6) is 0 Å². The summed E-state index contributed by atoms with van der Waals surface area (Å²) in [7, 11) is 0. The van der Waals surface area contributed by atoms with Gasteiger partial charge in [0.15, 0.2) is 0 Å². The third-order valence-electron chi connectivity index (χ3n) is 7.27. The van der Waals surface area contributed by atoms with Crippen LogP contribution in [0.15, 0.2) is 54.9 Å². The Balaban J connectivity index is 1.34. The van der Waals surface area contributed by atoms with Crippen LogP contribution in [0.2, 0.25) is 0 Å². The largest absolute Gasteiger partial charge is 0.379 e. The molecular weight excluding hydrogens is 410 g/mol. The molecule has 0 bridgehead atoms. The summed E-state index contributed by atoms with van der Waals surface area (Å²) in [6, 6.07) is 15.3. The van der Waals surface area contributed by atoms with E-state index in [4.69, 9.17) is 14.7 Å². The highest BCUT2D eigenvalue weighted by atomic mass is 16.5. The van der Waals surface area contributed by atoms with Crippen LogP contribution < -0.4 is 0 Å². The molecule has 0 amide bonds. The van der Waals surface area contributed by atoms with Gasteiger partial charge in [-0.1, -0.05) is 24.3 Å². The van der Waals surface area contributed by atoms with Crippen LogP contribution in [0.4, 0.5) is 0 Å². The Kier molecular flexibility index (Phi) is 5.80. The van der Waals surface area contributed by atoms with E-state index in [1.165, 1.54) is 34.0 Å². The number of H-pyrrole nitrogens is 1. The van der Waals surface area contributed by atoms with Crippen molar-refractivity contribution in [2.24, 2.45) is 0 Å². The Bertz CT molecular complexity index is 1250. The van der Waals surface area contributed by atoms with Crippen LogP contribution in [0, 0.1) is 0 Å². The van der Waals surface area contributed by atoms with Gasteiger partial charge in [0.25, 0.3) is 0 Å². The predicted octanol–water partition coefficient (Wildman–Crippen LogP) is 4.32. The molecule has 0 spiro atoms. The number of pyridine rings is 2. The van der Waals surface area contributed by atoms with E-state index in [-0.39, 0.29) is 0 Å². The minimum absolute atomic E-state index is 0.331. The summed E-state index contributed by atoms with van der Waals surface area (Å²) in [4.78, 5) is 18.5. The molecule has 4 aromatic rings. The maximum atomic E-state index is 5.56. The molecule has 1 aromatic carbocycles. The van der Waals surface area contributed by atoms with Gasteiger partial charge in [-0.05, 0) is 43.0 Å². The average molecular weight is 442 g/mol. The molecule has 6 nitrogen and oxygen atoms in total. The molecule has 1 saturated heterocycles. The van der Waals surface area contributed by atoms with Gasteiger partial charge >= 0.3 is 0 Å². The van der Waals surface area contributed by atoms with Crippen LogP contribution in [0.25, 0.3) is 21.8 Å². The van der Waals surface area contributed by atoms with E-state index in [1.54, 1.807) is 0 Å². The van der Waals surface area contributed by atoms with Crippen molar-refractivity contribution in [3.63, 3.8) is 0 Å². The second-order valence-electron chi connectivity index (χ2n) is 9.23. The standard InChI is InChI=1S/C27H31N5O/c1-2-8-23-21(7-1)22-10-12-28-24(27(22)30-23)19-32(14-13-31-15-17-33-18-16-31)25-9-3-5-20-6-4-11-29-26(20)25/h1-2,4,6-8,10-12,25,30H,3,5,9,13-19H2. The van der Waals surface area contributed by atoms with Crippen molar-refractivity contribution < 1.29 is 4.74 Å². The zero-order chi connectivity index (χ0) is 22.0. The molecule has 0 saturated carbocycles. The van der Waals surface area contributed by atoms with Crippen molar-refractivity contribution in [2.45, 2.75) is 31.8 Å². The maximum absolute atomic E-state index is 5.56. The predicted molar refractivity (Wildman–Crippen MR) is 131 cm³/mol. The molecule has 1 N–H and O–H groups in total. The van der Waals surface area contributed by atoms with Gasteiger partial charge in [0.2, 0.25) is 0 Å². The smallest absolute Gasteiger partial charge is 0.0784 e. The molecule has 1 unspecified atom stereocenters. The first-order valence-electron chi connectivity index (χ1n) is 12.2. The number of rotatable bonds is 6. The van der Waals surface area contributed by atoms with Crippen LogP contribution >= 0.6 is 0 Å². The van der Waals surface area contributed by atoms with Crippen molar-refractivity contribution in [3.05, 3.63) is 71.8 Å². The summed E-state index contributed by atoms with van der Waals surface area (Å²) < 4.78 is 5.56. The minimum Gasteiger partial charge on any atom is -0.379 e. The van der Waals surface area contributed by atoms with Gasteiger partial charge in [0.1, 0.15) is 0 Å². The van der Waals surface area contributed by atoms with Gasteiger partial charge in [-0.25, -0.2) is 0 Å². The highest BCUT2D eigenvalue weighted by molar-refractivity contribution is 6.07. The van der Waals surface area contributed by atoms with Crippen molar-refractivity contribution in [1.29, 1.82) is 0 Å². The lowest BCUT2D eigenvalue weighted by atomic mass is 9.90. The molecule has 1 aliphatic heterocycles. The highest BCUT2D eigenvalue weighted by Crippen LogP contribution is 2.35. The number of benzene rings is 1. The zero-order valence-corrected chi connectivity index (χ0v) is 19.0. The van der Waals surface area contributed by atoms with Gasteiger partial charge in [-0.2, -0.15) is 0 Å². The monoisotopic (exact) mass is 441 g/mol. The number of nitrogens with zero attached hydrogens (tertiary/aromatic N) is 4. The number of para-hydroxylation sites is 1. The van der Waals surface area contributed by atoms with Crippen molar-refractivity contribution in [1.82, 2.24) is 24.8 Å². The van der Waals surface area contributed by atoms with Crippen LogP contribution in [0.1, 0.15) is 35.8 Å². The summed E-state index contributed by atoms with van der Waals surface area (Å²) in [6.07, 6.45) is 7.41. The molecule has 1 fully saturated rings. The molecule has 0 radical (unpaired) electrons. The number of hydrogen-bond donors (Lipinski definition) is 1.